The summed E-state index contributed by atoms with van der Waals surface area (Å²) in [7, 11) is 1.83. The largest absolute Gasteiger partial charge is 0.384 e. The summed E-state index contributed by atoms with van der Waals surface area (Å²) in [6, 6.07) is 0. The first-order chi connectivity index (χ1) is 6.61. The maximum atomic E-state index is 5.82. The molecule has 0 atom stereocenters. The molecule has 6 heteroatoms. The summed E-state index contributed by atoms with van der Waals surface area (Å²) < 4.78 is 2.65. The fourth-order valence-electron chi connectivity index (χ4n) is 1.25. The Labute approximate surface area is 93.9 Å². The van der Waals surface area contributed by atoms with Gasteiger partial charge in [0.25, 0.3) is 0 Å². The Kier molecular flexibility index (Phi) is 2.32. The van der Waals surface area contributed by atoms with Gasteiger partial charge in [-0.05, 0) is 22.9 Å². The number of aryl methyl sites for hydroxylation is 1. The SMILES string of the molecule is Cc1c(-c2ncsc2Br)nn(C)c1N. The first-order valence-electron chi connectivity index (χ1n) is 3.99. The van der Waals surface area contributed by atoms with Crippen molar-refractivity contribution in [2.24, 2.45) is 7.05 Å². The standard InChI is InChI=1S/C8H9BrN4S/c1-4-5(12-13(2)8(4)10)6-7(9)14-3-11-6/h3H,10H2,1-2H3. The third-order valence-corrected chi connectivity index (χ3v) is 3.63. The van der Waals surface area contributed by atoms with Gasteiger partial charge in [0.15, 0.2) is 0 Å². The van der Waals surface area contributed by atoms with E-state index in [-0.39, 0.29) is 0 Å². The average molecular weight is 273 g/mol. The Morgan fingerprint density at radius 3 is 2.64 bits per heavy atom. The zero-order chi connectivity index (χ0) is 10.3. The van der Waals surface area contributed by atoms with Crippen molar-refractivity contribution >= 4 is 33.1 Å². The lowest BCUT2D eigenvalue weighted by Crippen LogP contribution is -1.97. The number of aromatic nitrogens is 3. The first-order valence-corrected chi connectivity index (χ1v) is 5.67. The normalized spacial score (nSPS) is 10.8. The zero-order valence-corrected chi connectivity index (χ0v) is 10.2. The smallest absolute Gasteiger partial charge is 0.124 e. The van der Waals surface area contributed by atoms with Crippen molar-refractivity contribution in [3.63, 3.8) is 0 Å². The van der Waals surface area contributed by atoms with E-state index in [2.05, 4.69) is 26.0 Å². The van der Waals surface area contributed by atoms with Crippen molar-refractivity contribution < 1.29 is 0 Å². The van der Waals surface area contributed by atoms with E-state index in [0.717, 1.165) is 20.7 Å². The molecular formula is C8H9BrN4S. The summed E-state index contributed by atoms with van der Waals surface area (Å²) in [6.07, 6.45) is 0. The molecule has 0 aliphatic carbocycles. The number of nitrogens with two attached hydrogens (primary N) is 1. The van der Waals surface area contributed by atoms with Gasteiger partial charge in [-0.3, -0.25) is 4.68 Å². The predicted molar refractivity (Wildman–Crippen MR) is 61.2 cm³/mol. The Hall–Kier alpha value is -0.880. The Bertz CT molecular complexity index is 474. The Morgan fingerprint density at radius 1 is 1.50 bits per heavy atom. The first kappa shape index (κ1) is 9.67. The van der Waals surface area contributed by atoms with Gasteiger partial charge >= 0.3 is 0 Å². The second-order valence-corrected chi connectivity index (χ2v) is 5.13. The van der Waals surface area contributed by atoms with Gasteiger partial charge in [0.1, 0.15) is 17.2 Å². The molecule has 74 valence electrons. The lowest BCUT2D eigenvalue weighted by Gasteiger charge is -1.93. The molecule has 0 aliphatic heterocycles. The van der Waals surface area contributed by atoms with Crippen molar-refractivity contribution in [1.29, 1.82) is 0 Å². The number of anilines is 1. The number of rotatable bonds is 1. The van der Waals surface area contributed by atoms with Crippen molar-refractivity contribution in [2.45, 2.75) is 6.92 Å². The van der Waals surface area contributed by atoms with E-state index in [1.807, 2.05) is 14.0 Å². The van der Waals surface area contributed by atoms with Crippen molar-refractivity contribution in [1.82, 2.24) is 14.8 Å². The molecule has 0 fully saturated rings. The van der Waals surface area contributed by atoms with Crippen LogP contribution in [0.1, 0.15) is 5.56 Å². The third kappa shape index (κ3) is 1.34. The van der Waals surface area contributed by atoms with Crippen molar-refractivity contribution in [3.05, 3.63) is 14.9 Å². The second kappa shape index (κ2) is 3.36. The molecule has 2 aromatic rings. The number of thiazole rings is 1. The Balaban J connectivity index is 2.63. The fraction of sp³-hybridized carbons (Fsp3) is 0.250. The van der Waals surface area contributed by atoms with Gasteiger partial charge < -0.3 is 5.73 Å². The van der Waals surface area contributed by atoms with Crippen LogP contribution < -0.4 is 5.73 Å². The summed E-state index contributed by atoms with van der Waals surface area (Å²) in [5.41, 5.74) is 10.3. The van der Waals surface area contributed by atoms with Gasteiger partial charge in [-0.2, -0.15) is 5.10 Å². The molecule has 2 aromatic heterocycles. The van der Waals surface area contributed by atoms with Crippen LogP contribution in [-0.4, -0.2) is 14.8 Å². The molecule has 0 spiro atoms. The molecule has 2 heterocycles. The van der Waals surface area contributed by atoms with Crippen LogP contribution in [0.25, 0.3) is 11.4 Å². The predicted octanol–water partition coefficient (Wildman–Crippen LogP) is 2.20. The summed E-state index contributed by atoms with van der Waals surface area (Å²) in [5, 5.41) is 4.32. The summed E-state index contributed by atoms with van der Waals surface area (Å²) in [4.78, 5) is 4.24. The molecule has 0 saturated carbocycles. The van der Waals surface area contributed by atoms with Crippen LogP contribution in [0, 0.1) is 6.92 Å². The van der Waals surface area contributed by atoms with Crippen LogP contribution >= 0.6 is 27.3 Å². The summed E-state index contributed by atoms with van der Waals surface area (Å²) >= 11 is 4.98. The molecule has 0 bridgehead atoms. The fourth-order valence-corrected chi connectivity index (χ4v) is 2.31. The quantitative estimate of drug-likeness (QED) is 0.866. The van der Waals surface area contributed by atoms with Crippen LogP contribution in [0.3, 0.4) is 0 Å². The van der Waals surface area contributed by atoms with Crippen LogP contribution in [0.4, 0.5) is 5.82 Å². The number of halogens is 1. The molecule has 0 aliphatic rings. The van der Waals surface area contributed by atoms with Gasteiger partial charge in [0.2, 0.25) is 0 Å². The monoisotopic (exact) mass is 272 g/mol. The minimum absolute atomic E-state index is 0.680. The molecule has 0 unspecified atom stereocenters. The van der Waals surface area contributed by atoms with Gasteiger partial charge in [0.05, 0.1) is 9.30 Å². The van der Waals surface area contributed by atoms with E-state index in [0.29, 0.717) is 5.82 Å². The number of hydrogen-bond acceptors (Lipinski definition) is 4. The molecule has 0 aromatic carbocycles. The lowest BCUT2D eigenvalue weighted by atomic mass is 10.2. The molecular weight excluding hydrogens is 264 g/mol. The molecule has 0 amide bonds. The average Bonchev–Trinajstić information content (AvgIpc) is 2.66. The molecule has 2 N–H and O–H groups in total. The van der Waals surface area contributed by atoms with Gasteiger partial charge in [0, 0.05) is 12.6 Å². The van der Waals surface area contributed by atoms with E-state index in [1.165, 1.54) is 11.3 Å². The van der Waals surface area contributed by atoms with Crippen LogP contribution in [0.15, 0.2) is 9.30 Å². The van der Waals surface area contributed by atoms with Crippen LogP contribution in [0.5, 0.6) is 0 Å². The van der Waals surface area contributed by atoms with Gasteiger partial charge in [-0.1, -0.05) is 0 Å². The van der Waals surface area contributed by atoms with Crippen molar-refractivity contribution in [2.75, 3.05) is 5.73 Å². The number of nitrogens with zero attached hydrogens (tertiary/aromatic N) is 3. The number of hydrogen-bond donors (Lipinski definition) is 1. The topological polar surface area (TPSA) is 56.7 Å². The van der Waals surface area contributed by atoms with E-state index < -0.39 is 0 Å². The summed E-state index contributed by atoms with van der Waals surface area (Å²) in [6.45, 7) is 1.95. The van der Waals surface area contributed by atoms with E-state index in [4.69, 9.17) is 5.73 Å². The maximum Gasteiger partial charge on any atom is 0.124 e. The number of nitrogen functional groups attached to an aromatic ring is 1. The van der Waals surface area contributed by atoms with E-state index >= 15 is 0 Å². The highest BCUT2D eigenvalue weighted by atomic mass is 79.9. The minimum Gasteiger partial charge on any atom is -0.384 e. The molecule has 0 saturated heterocycles. The highest BCUT2D eigenvalue weighted by Crippen LogP contribution is 2.32. The van der Waals surface area contributed by atoms with Crippen LogP contribution in [0.2, 0.25) is 0 Å². The van der Waals surface area contributed by atoms with Gasteiger partial charge in [-0.25, -0.2) is 4.98 Å². The maximum absolute atomic E-state index is 5.82. The van der Waals surface area contributed by atoms with Crippen LogP contribution in [-0.2, 0) is 7.05 Å². The van der Waals surface area contributed by atoms with Crippen molar-refractivity contribution in [3.8, 4) is 11.4 Å². The molecule has 4 nitrogen and oxygen atoms in total. The molecule has 14 heavy (non-hydrogen) atoms. The lowest BCUT2D eigenvalue weighted by molar-refractivity contribution is 0.781. The molecule has 2 rings (SSSR count). The summed E-state index contributed by atoms with van der Waals surface area (Å²) in [5.74, 6) is 0.680. The van der Waals surface area contributed by atoms with E-state index in [1.54, 1.807) is 10.2 Å². The Morgan fingerprint density at radius 2 is 2.21 bits per heavy atom. The van der Waals surface area contributed by atoms with Gasteiger partial charge in [-0.15, -0.1) is 11.3 Å². The second-order valence-electron chi connectivity index (χ2n) is 2.96. The van der Waals surface area contributed by atoms with E-state index in [9.17, 15) is 0 Å². The third-order valence-electron chi connectivity index (χ3n) is 2.09. The highest BCUT2D eigenvalue weighted by Gasteiger charge is 2.15. The minimum atomic E-state index is 0.680. The highest BCUT2D eigenvalue weighted by molar-refractivity contribution is 9.11. The molecule has 0 radical (unpaired) electrons. The zero-order valence-electron chi connectivity index (χ0n) is 7.78.